The van der Waals surface area contributed by atoms with Crippen LogP contribution in [0, 0.1) is 13.8 Å². The van der Waals surface area contributed by atoms with E-state index in [1.807, 2.05) is 0 Å². The molecule has 0 unspecified atom stereocenters. The fourth-order valence-electron chi connectivity index (χ4n) is 2.97. The van der Waals surface area contributed by atoms with Crippen molar-refractivity contribution in [2.75, 3.05) is 6.61 Å². The SMILES string of the molecule is CC(=O)c1c(C)nn(CC(=O)NCc2noc([C@H]3CCCO3)n2)c1C. The van der Waals surface area contributed by atoms with Crippen LogP contribution in [0.15, 0.2) is 4.52 Å². The summed E-state index contributed by atoms with van der Waals surface area (Å²) in [5.74, 6) is 0.544. The van der Waals surface area contributed by atoms with E-state index < -0.39 is 0 Å². The maximum absolute atomic E-state index is 12.1. The van der Waals surface area contributed by atoms with Gasteiger partial charge in [-0.15, -0.1) is 0 Å². The number of Topliss-reactive ketones (excluding diaryl/α,β-unsaturated/α-hetero) is 1. The molecule has 3 heterocycles. The van der Waals surface area contributed by atoms with Gasteiger partial charge in [0, 0.05) is 12.3 Å². The lowest BCUT2D eigenvalue weighted by Crippen LogP contribution is -2.28. The maximum Gasteiger partial charge on any atom is 0.255 e. The Bertz CT molecular complexity index is 789. The largest absolute Gasteiger partial charge is 0.368 e. The second-order valence-corrected chi connectivity index (χ2v) is 6.09. The van der Waals surface area contributed by atoms with Crippen molar-refractivity contribution in [3.63, 3.8) is 0 Å². The van der Waals surface area contributed by atoms with E-state index in [9.17, 15) is 9.59 Å². The topological polar surface area (TPSA) is 112 Å². The van der Waals surface area contributed by atoms with Crippen LogP contribution < -0.4 is 5.32 Å². The number of aryl methyl sites for hydroxylation is 1. The van der Waals surface area contributed by atoms with Gasteiger partial charge in [-0.25, -0.2) is 0 Å². The van der Waals surface area contributed by atoms with Crippen molar-refractivity contribution in [1.29, 1.82) is 0 Å². The molecule has 0 aliphatic carbocycles. The van der Waals surface area contributed by atoms with Gasteiger partial charge in [0.05, 0.1) is 17.8 Å². The van der Waals surface area contributed by atoms with Crippen LogP contribution in [0.2, 0.25) is 0 Å². The van der Waals surface area contributed by atoms with Gasteiger partial charge in [-0.1, -0.05) is 5.16 Å². The molecule has 2 aromatic rings. The van der Waals surface area contributed by atoms with Crippen LogP contribution in [0.25, 0.3) is 0 Å². The van der Waals surface area contributed by atoms with Crippen LogP contribution in [0.5, 0.6) is 0 Å². The summed E-state index contributed by atoms with van der Waals surface area (Å²) < 4.78 is 12.2. The molecule has 2 aromatic heterocycles. The smallest absolute Gasteiger partial charge is 0.255 e. The van der Waals surface area contributed by atoms with Gasteiger partial charge in [0.25, 0.3) is 5.89 Å². The molecule has 1 saturated heterocycles. The quantitative estimate of drug-likeness (QED) is 0.783. The molecular formula is C16H21N5O4. The van der Waals surface area contributed by atoms with Gasteiger partial charge in [-0.2, -0.15) is 10.1 Å². The van der Waals surface area contributed by atoms with E-state index in [4.69, 9.17) is 9.26 Å². The zero-order chi connectivity index (χ0) is 18.0. The minimum absolute atomic E-state index is 0.0242. The number of nitrogens with zero attached hydrogens (tertiary/aromatic N) is 4. The molecule has 1 fully saturated rings. The van der Waals surface area contributed by atoms with Gasteiger partial charge in [-0.3, -0.25) is 14.3 Å². The predicted octanol–water partition coefficient (Wildman–Crippen LogP) is 1.25. The molecule has 1 N–H and O–H groups in total. The van der Waals surface area contributed by atoms with Crippen molar-refractivity contribution in [1.82, 2.24) is 25.2 Å². The number of carbonyl (C=O) groups excluding carboxylic acids is 2. The van der Waals surface area contributed by atoms with Crippen LogP contribution in [0.1, 0.15) is 59.3 Å². The molecule has 0 saturated carbocycles. The lowest BCUT2D eigenvalue weighted by atomic mass is 10.1. The van der Waals surface area contributed by atoms with Crippen molar-refractivity contribution in [3.8, 4) is 0 Å². The van der Waals surface area contributed by atoms with E-state index in [0.29, 0.717) is 35.3 Å². The fraction of sp³-hybridized carbons (Fsp3) is 0.562. The zero-order valence-electron chi connectivity index (χ0n) is 14.5. The molecule has 9 heteroatoms. The van der Waals surface area contributed by atoms with Crippen molar-refractivity contribution < 1.29 is 18.8 Å². The summed E-state index contributed by atoms with van der Waals surface area (Å²) >= 11 is 0. The molecule has 3 rings (SSSR count). The first-order chi connectivity index (χ1) is 12.0. The standard InChI is InChI=1S/C16H21N5O4/c1-9-15(11(3)22)10(2)21(19-9)8-14(23)17-7-13-18-16(25-20-13)12-5-4-6-24-12/h12H,4-8H2,1-3H3,(H,17,23)/t12-/m1/s1. The number of ketones is 1. The molecule has 25 heavy (non-hydrogen) atoms. The Morgan fingerprint density at radius 3 is 2.80 bits per heavy atom. The Morgan fingerprint density at radius 2 is 2.16 bits per heavy atom. The van der Waals surface area contributed by atoms with E-state index in [2.05, 4.69) is 20.6 Å². The average Bonchev–Trinajstić information content (AvgIpc) is 3.26. The number of hydrogen-bond acceptors (Lipinski definition) is 7. The molecule has 9 nitrogen and oxygen atoms in total. The van der Waals surface area contributed by atoms with Crippen molar-refractivity contribution in [2.45, 2.75) is 52.8 Å². The minimum Gasteiger partial charge on any atom is -0.368 e. The number of amides is 1. The first-order valence-corrected chi connectivity index (χ1v) is 8.21. The fourth-order valence-corrected chi connectivity index (χ4v) is 2.97. The molecule has 0 radical (unpaired) electrons. The lowest BCUT2D eigenvalue weighted by Gasteiger charge is -2.05. The van der Waals surface area contributed by atoms with Crippen molar-refractivity contribution in [2.24, 2.45) is 0 Å². The first kappa shape index (κ1) is 17.3. The van der Waals surface area contributed by atoms with E-state index in [1.54, 1.807) is 13.8 Å². The molecule has 134 valence electrons. The highest BCUT2D eigenvalue weighted by atomic mass is 16.5. The monoisotopic (exact) mass is 347 g/mol. The highest BCUT2D eigenvalue weighted by Gasteiger charge is 2.24. The Labute approximate surface area is 144 Å². The Kier molecular flexibility index (Phi) is 4.93. The highest BCUT2D eigenvalue weighted by Crippen LogP contribution is 2.26. The highest BCUT2D eigenvalue weighted by molar-refractivity contribution is 5.96. The van der Waals surface area contributed by atoms with Gasteiger partial charge in [0.1, 0.15) is 12.6 Å². The summed E-state index contributed by atoms with van der Waals surface area (Å²) in [5, 5.41) is 10.8. The number of hydrogen-bond donors (Lipinski definition) is 1. The summed E-state index contributed by atoms with van der Waals surface area (Å²) in [7, 11) is 0. The molecular weight excluding hydrogens is 326 g/mol. The van der Waals surface area contributed by atoms with Gasteiger partial charge in [0.15, 0.2) is 11.6 Å². The van der Waals surface area contributed by atoms with Crippen LogP contribution in [-0.2, 0) is 22.6 Å². The van der Waals surface area contributed by atoms with Gasteiger partial charge < -0.3 is 14.6 Å². The van der Waals surface area contributed by atoms with E-state index in [-0.39, 0.29) is 30.9 Å². The van der Waals surface area contributed by atoms with Crippen LogP contribution >= 0.6 is 0 Å². The third-order valence-electron chi connectivity index (χ3n) is 4.16. The summed E-state index contributed by atoms with van der Waals surface area (Å²) in [6.07, 6.45) is 1.70. The summed E-state index contributed by atoms with van der Waals surface area (Å²) in [6, 6.07) is 0. The van der Waals surface area contributed by atoms with Crippen molar-refractivity contribution in [3.05, 3.63) is 28.7 Å². The second-order valence-electron chi connectivity index (χ2n) is 6.09. The van der Waals surface area contributed by atoms with Crippen LogP contribution in [0.3, 0.4) is 0 Å². The summed E-state index contributed by atoms with van der Waals surface area (Å²) in [4.78, 5) is 28.0. The molecule has 0 spiro atoms. The third-order valence-corrected chi connectivity index (χ3v) is 4.16. The van der Waals surface area contributed by atoms with Crippen LogP contribution in [-0.4, -0.2) is 38.2 Å². The molecule has 1 amide bonds. The normalized spacial score (nSPS) is 17.0. The molecule has 1 aliphatic heterocycles. The Morgan fingerprint density at radius 1 is 1.36 bits per heavy atom. The van der Waals surface area contributed by atoms with Crippen molar-refractivity contribution >= 4 is 11.7 Å². The molecule has 1 aliphatic rings. The molecule has 0 aromatic carbocycles. The number of carbonyl (C=O) groups is 2. The minimum atomic E-state index is -0.246. The van der Waals surface area contributed by atoms with Gasteiger partial charge in [-0.05, 0) is 33.6 Å². The van der Waals surface area contributed by atoms with E-state index in [0.717, 1.165) is 12.8 Å². The Hall–Kier alpha value is -2.55. The predicted molar refractivity (Wildman–Crippen MR) is 85.8 cm³/mol. The molecule has 0 bridgehead atoms. The number of rotatable bonds is 6. The molecule has 1 atom stereocenters. The maximum atomic E-state index is 12.1. The first-order valence-electron chi connectivity index (χ1n) is 8.21. The average molecular weight is 347 g/mol. The second kappa shape index (κ2) is 7.14. The Balaban J connectivity index is 1.56. The number of aromatic nitrogens is 4. The lowest BCUT2D eigenvalue weighted by molar-refractivity contribution is -0.122. The third kappa shape index (κ3) is 3.76. The van der Waals surface area contributed by atoms with Crippen LogP contribution in [0.4, 0.5) is 0 Å². The number of ether oxygens (including phenoxy) is 1. The van der Waals surface area contributed by atoms with E-state index in [1.165, 1.54) is 11.6 Å². The number of nitrogens with one attached hydrogen (secondary N) is 1. The zero-order valence-corrected chi connectivity index (χ0v) is 14.5. The summed E-state index contributed by atoms with van der Waals surface area (Å²) in [5.41, 5.74) is 1.87. The van der Waals surface area contributed by atoms with Gasteiger partial charge >= 0.3 is 0 Å². The van der Waals surface area contributed by atoms with E-state index >= 15 is 0 Å². The van der Waals surface area contributed by atoms with Gasteiger partial charge in [0.2, 0.25) is 5.91 Å². The summed E-state index contributed by atoms with van der Waals surface area (Å²) in [6.45, 7) is 5.90.